The van der Waals surface area contributed by atoms with Gasteiger partial charge in [-0.15, -0.1) is 0 Å². The summed E-state index contributed by atoms with van der Waals surface area (Å²) in [6, 6.07) is 7.14. The van der Waals surface area contributed by atoms with E-state index in [9.17, 15) is 4.79 Å². The van der Waals surface area contributed by atoms with Gasteiger partial charge in [0, 0.05) is 30.8 Å². The van der Waals surface area contributed by atoms with Crippen molar-refractivity contribution in [3.05, 3.63) is 35.4 Å². The van der Waals surface area contributed by atoms with Gasteiger partial charge in [-0.1, -0.05) is 11.8 Å². The highest BCUT2D eigenvalue weighted by Gasteiger charge is 2.16. The number of nitrogens with zero attached hydrogens (tertiary/aromatic N) is 1. The van der Waals surface area contributed by atoms with E-state index in [4.69, 9.17) is 9.84 Å². The molecule has 0 unspecified atom stereocenters. The quantitative estimate of drug-likeness (QED) is 0.762. The first kappa shape index (κ1) is 13.6. The van der Waals surface area contributed by atoms with Crippen molar-refractivity contribution in [1.82, 2.24) is 4.90 Å². The molecule has 0 aliphatic carbocycles. The van der Waals surface area contributed by atoms with Crippen LogP contribution in [-0.4, -0.2) is 48.8 Å². The number of hydrogen-bond donors (Lipinski definition) is 1. The van der Waals surface area contributed by atoms with E-state index in [1.54, 1.807) is 24.3 Å². The van der Waals surface area contributed by atoms with Gasteiger partial charge in [-0.25, -0.2) is 0 Å². The van der Waals surface area contributed by atoms with Crippen molar-refractivity contribution < 1.29 is 14.6 Å². The standard InChI is InChI=1S/C15H17NO3/c17-10-1-3-13-4-6-14(7-5-13)15(18)16-8-2-11-19-12-9-16/h4-7,17H,2,8-12H2. The number of rotatable bonds is 1. The van der Waals surface area contributed by atoms with Crippen molar-refractivity contribution in [2.45, 2.75) is 6.42 Å². The number of carbonyl (C=O) groups excluding carboxylic acids is 1. The SMILES string of the molecule is O=C(c1ccc(C#CCO)cc1)N1CCCOCC1. The van der Waals surface area contributed by atoms with E-state index < -0.39 is 0 Å². The van der Waals surface area contributed by atoms with Crippen molar-refractivity contribution in [3.63, 3.8) is 0 Å². The third-order valence-electron chi connectivity index (χ3n) is 2.95. The summed E-state index contributed by atoms with van der Waals surface area (Å²) in [5.41, 5.74) is 1.46. The third kappa shape index (κ3) is 3.82. The lowest BCUT2D eigenvalue weighted by Gasteiger charge is -2.19. The maximum Gasteiger partial charge on any atom is 0.253 e. The van der Waals surface area contributed by atoms with E-state index in [0.717, 1.165) is 25.1 Å². The molecule has 1 amide bonds. The minimum atomic E-state index is -0.158. The van der Waals surface area contributed by atoms with E-state index >= 15 is 0 Å². The Morgan fingerprint density at radius 3 is 2.79 bits per heavy atom. The van der Waals surface area contributed by atoms with Crippen LogP contribution in [0.2, 0.25) is 0 Å². The first-order valence-electron chi connectivity index (χ1n) is 6.38. The van der Waals surface area contributed by atoms with Crippen LogP contribution in [0.1, 0.15) is 22.3 Å². The summed E-state index contributed by atoms with van der Waals surface area (Å²) in [7, 11) is 0. The van der Waals surface area contributed by atoms with E-state index in [-0.39, 0.29) is 12.5 Å². The molecule has 0 radical (unpaired) electrons. The zero-order valence-corrected chi connectivity index (χ0v) is 10.8. The fourth-order valence-corrected chi connectivity index (χ4v) is 1.97. The van der Waals surface area contributed by atoms with E-state index in [1.807, 2.05) is 4.90 Å². The zero-order chi connectivity index (χ0) is 13.5. The Kier molecular flexibility index (Phi) is 4.96. The van der Waals surface area contributed by atoms with Crippen molar-refractivity contribution in [3.8, 4) is 11.8 Å². The molecule has 1 heterocycles. The van der Waals surface area contributed by atoms with Crippen LogP contribution in [0.3, 0.4) is 0 Å². The Balaban J connectivity index is 2.06. The normalized spacial score (nSPS) is 15.3. The molecule has 100 valence electrons. The first-order chi connectivity index (χ1) is 9.31. The number of ether oxygens (including phenoxy) is 1. The van der Waals surface area contributed by atoms with Crippen molar-refractivity contribution in [2.24, 2.45) is 0 Å². The van der Waals surface area contributed by atoms with E-state index in [1.165, 1.54) is 0 Å². The number of hydrogen-bond acceptors (Lipinski definition) is 3. The van der Waals surface area contributed by atoms with Crippen LogP contribution < -0.4 is 0 Å². The van der Waals surface area contributed by atoms with E-state index in [0.29, 0.717) is 18.7 Å². The summed E-state index contributed by atoms with van der Waals surface area (Å²) in [5.74, 6) is 5.42. The number of carbonyl (C=O) groups is 1. The van der Waals surface area contributed by atoms with Crippen molar-refractivity contribution >= 4 is 5.91 Å². The molecule has 1 fully saturated rings. The predicted octanol–water partition coefficient (Wildman–Crippen LogP) is 0.893. The second kappa shape index (κ2) is 6.93. The molecule has 1 saturated heterocycles. The molecule has 0 bridgehead atoms. The number of benzene rings is 1. The van der Waals surface area contributed by atoms with Crippen LogP contribution in [0.25, 0.3) is 0 Å². The molecule has 1 N–H and O–H groups in total. The summed E-state index contributed by atoms with van der Waals surface area (Å²) in [4.78, 5) is 14.1. The molecule has 1 aliphatic rings. The van der Waals surface area contributed by atoms with Gasteiger partial charge < -0.3 is 14.7 Å². The summed E-state index contributed by atoms with van der Waals surface area (Å²) in [6.45, 7) is 2.55. The molecule has 2 rings (SSSR count). The average Bonchev–Trinajstić information content (AvgIpc) is 2.74. The molecule has 0 saturated carbocycles. The fourth-order valence-electron chi connectivity index (χ4n) is 1.97. The van der Waals surface area contributed by atoms with Crippen LogP contribution in [0, 0.1) is 11.8 Å². The Hall–Kier alpha value is -1.83. The van der Waals surface area contributed by atoms with Gasteiger partial charge in [0.15, 0.2) is 0 Å². The van der Waals surface area contributed by atoms with Gasteiger partial charge in [0.1, 0.15) is 6.61 Å². The zero-order valence-electron chi connectivity index (χ0n) is 10.8. The topological polar surface area (TPSA) is 49.8 Å². The van der Waals surface area contributed by atoms with Gasteiger partial charge in [-0.2, -0.15) is 0 Å². The van der Waals surface area contributed by atoms with Gasteiger partial charge in [-0.3, -0.25) is 4.79 Å². The highest BCUT2D eigenvalue weighted by atomic mass is 16.5. The van der Waals surface area contributed by atoms with Crippen LogP contribution in [0.5, 0.6) is 0 Å². The van der Waals surface area contributed by atoms with Crippen LogP contribution in [0.4, 0.5) is 0 Å². The first-order valence-corrected chi connectivity index (χ1v) is 6.38. The summed E-state index contributed by atoms with van der Waals surface area (Å²) < 4.78 is 5.34. The fraction of sp³-hybridized carbons (Fsp3) is 0.400. The minimum absolute atomic E-state index is 0.0344. The predicted molar refractivity (Wildman–Crippen MR) is 71.7 cm³/mol. The van der Waals surface area contributed by atoms with Crippen molar-refractivity contribution in [2.75, 3.05) is 32.9 Å². The number of aliphatic hydroxyl groups is 1. The summed E-state index contributed by atoms with van der Waals surface area (Å²) in [6.07, 6.45) is 0.881. The van der Waals surface area contributed by atoms with Crippen LogP contribution >= 0.6 is 0 Å². The maximum absolute atomic E-state index is 12.3. The monoisotopic (exact) mass is 259 g/mol. The Morgan fingerprint density at radius 1 is 1.26 bits per heavy atom. The molecule has 4 nitrogen and oxygen atoms in total. The molecule has 1 aromatic carbocycles. The van der Waals surface area contributed by atoms with Gasteiger partial charge in [0.25, 0.3) is 5.91 Å². The smallest absolute Gasteiger partial charge is 0.253 e. The molecule has 1 aromatic rings. The van der Waals surface area contributed by atoms with Gasteiger partial charge in [0.05, 0.1) is 6.61 Å². The Bertz CT molecular complexity index is 476. The molecular weight excluding hydrogens is 242 g/mol. The minimum Gasteiger partial charge on any atom is -0.384 e. The molecule has 0 atom stereocenters. The molecule has 4 heteroatoms. The maximum atomic E-state index is 12.3. The van der Waals surface area contributed by atoms with Gasteiger partial charge in [-0.05, 0) is 30.7 Å². The Labute approximate surface area is 113 Å². The Morgan fingerprint density at radius 2 is 2.05 bits per heavy atom. The number of amides is 1. The van der Waals surface area contributed by atoms with Crippen LogP contribution in [-0.2, 0) is 4.74 Å². The molecular formula is C15H17NO3. The summed E-state index contributed by atoms with van der Waals surface area (Å²) in [5, 5.41) is 8.62. The largest absolute Gasteiger partial charge is 0.384 e. The second-order valence-electron chi connectivity index (χ2n) is 4.30. The lowest BCUT2D eigenvalue weighted by Crippen LogP contribution is -2.33. The third-order valence-corrected chi connectivity index (χ3v) is 2.95. The molecule has 0 spiro atoms. The molecule has 19 heavy (non-hydrogen) atoms. The second-order valence-corrected chi connectivity index (χ2v) is 4.30. The van der Waals surface area contributed by atoms with Gasteiger partial charge in [0.2, 0.25) is 0 Å². The lowest BCUT2D eigenvalue weighted by molar-refractivity contribution is 0.0741. The molecule has 0 aromatic heterocycles. The molecule has 1 aliphatic heterocycles. The lowest BCUT2D eigenvalue weighted by atomic mass is 10.1. The summed E-state index contributed by atoms with van der Waals surface area (Å²) >= 11 is 0. The number of aliphatic hydroxyl groups excluding tert-OH is 1. The highest BCUT2D eigenvalue weighted by Crippen LogP contribution is 2.09. The van der Waals surface area contributed by atoms with Crippen molar-refractivity contribution in [1.29, 1.82) is 0 Å². The average molecular weight is 259 g/mol. The highest BCUT2D eigenvalue weighted by molar-refractivity contribution is 5.94. The van der Waals surface area contributed by atoms with E-state index in [2.05, 4.69) is 11.8 Å². The van der Waals surface area contributed by atoms with Crippen LogP contribution in [0.15, 0.2) is 24.3 Å². The van der Waals surface area contributed by atoms with Gasteiger partial charge >= 0.3 is 0 Å².